The quantitative estimate of drug-likeness (QED) is 0.681. The Balaban J connectivity index is 2.98. The molecule has 0 aromatic carbocycles. The molecule has 0 saturated heterocycles. The van der Waals surface area contributed by atoms with E-state index in [4.69, 9.17) is 0 Å². The summed E-state index contributed by atoms with van der Waals surface area (Å²) in [7, 11) is 0. The van der Waals surface area contributed by atoms with Crippen LogP contribution < -0.4 is 0 Å². The monoisotopic (exact) mass is 229 g/mol. The molecule has 0 fully saturated rings. The number of halogens is 2. The summed E-state index contributed by atoms with van der Waals surface area (Å²) < 4.78 is 4.26. The van der Waals surface area contributed by atoms with E-state index in [1.165, 1.54) is 6.47 Å². The molecule has 0 amide bonds. The smallest absolute Gasteiger partial charge is 0.418 e. The second kappa shape index (κ2) is 4.59. The van der Waals surface area contributed by atoms with Crippen LogP contribution in [0.2, 0.25) is 0 Å². The predicted octanol–water partition coefficient (Wildman–Crippen LogP) is 1.19. The maximum Gasteiger partial charge on any atom is 0.418 e. The Morgan fingerprint density at radius 2 is 2.43 bits per heavy atom. The number of ether oxygens (including phenoxy) is 1. The first-order valence-electron chi connectivity index (χ1n) is 1.54. The molecule has 1 unspecified atom stereocenters. The average molecular weight is 231 g/mol. The Kier molecular flexibility index (Phi) is 4.87. The van der Waals surface area contributed by atoms with Gasteiger partial charge in [0.05, 0.1) is 5.33 Å². The molecule has 7 heavy (non-hydrogen) atoms. The van der Waals surface area contributed by atoms with Crippen molar-refractivity contribution in [3.63, 3.8) is 0 Å². The summed E-state index contributed by atoms with van der Waals surface area (Å²) in [5.41, 5.74) is 0. The number of rotatable bonds is 3. The Morgan fingerprint density at radius 3 is 2.57 bits per heavy atom. The molecule has 4 heteroatoms. The van der Waals surface area contributed by atoms with Crippen molar-refractivity contribution in [3.8, 4) is 0 Å². The molecular weight excluding hydrogens is 228 g/mol. The Labute approximate surface area is 58.5 Å². The van der Waals surface area contributed by atoms with Gasteiger partial charge in [0.2, 0.25) is 0 Å². The minimum absolute atomic E-state index is 0.245. The largest absolute Gasteiger partial charge is 0.441 e. The van der Waals surface area contributed by atoms with E-state index in [0.717, 1.165) is 0 Å². The van der Waals surface area contributed by atoms with E-state index in [1.807, 2.05) is 0 Å². The fraction of sp³-hybridized carbons (Fsp3) is 0.667. The maximum atomic E-state index is 9.38. The van der Waals surface area contributed by atoms with Crippen molar-refractivity contribution < 1.29 is 9.53 Å². The number of alkyl halides is 2. The second-order valence-electron chi connectivity index (χ2n) is 0.766. The van der Waals surface area contributed by atoms with Crippen LogP contribution in [0.3, 0.4) is 0 Å². The van der Waals surface area contributed by atoms with Crippen molar-refractivity contribution in [1.29, 1.82) is 0 Å². The molecule has 0 heterocycles. The van der Waals surface area contributed by atoms with Crippen LogP contribution in [0.1, 0.15) is 0 Å². The van der Waals surface area contributed by atoms with E-state index >= 15 is 0 Å². The Hall–Kier alpha value is 0.430. The molecule has 0 saturated carbocycles. The van der Waals surface area contributed by atoms with Crippen LogP contribution >= 0.6 is 31.9 Å². The van der Waals surface area contributed by atoms with Gasteiger partial charge in [-0.3, -0.25) is 0 Å². The standard InChI is InChI=1S/C3H3Br2O2/c4-1-3(5)7-2-6/h3H,1H2. The molecule has 1 atom stereocenters. The van der Waals surface area contributed by atoms with Crippen molar-refractivity contribution in [1.82, 2.24) is 0 Å². The van der Waals surface area contributed by atoms with Gasteiger partial charge in [-0.2, -0.15) is 0 Å². The molecule has 0 aromatic rings. The second-order valence-corrected chi connectivity index (χ2v) is 2.43. The Morgan fingerprint density at radius 1 is 1.86 bits per heavy atom. The van der Waals surface area contributed by atoms with Gasteiger partial charge in [0.1, 0.15) is 0 Å². The van der Waals surface area contributed by atoms with Gasteiger partial charge in [-0.25, -0.2) is 4.79 Å². The molecule has 0 aromatic heterocycles. The lowest BCUT2D eigenvalue weighted by molar-refractivity contribution is 0.278. The van der Waals surface area contributed by atoms with Crippen molar-refractivity contribution in [3.05, 3.63) is 0 Å². The van der Waals surface area contributed by atoms with E-state index in [2.05, 4.69) is 36.6 Å². The minimum atomic E-state index is -0.245. The highest BCUT2D eigenvalue weighted by Crippen LogP contribution is 2.02. The summed E-state index contributed by atoms with van der Waals surface area (Å²) in [4.78, 5) is 9.38. The van der Waals surface area contributed by atoms with Crippen molar-refractivity contribution in [2.24, 2.45) is 0 Å². The van der Waals surface area contributed by atoms with E-state index < -0.39 is 0 Å². The average Bonchev–Trinajstić information content (AvgIpc) is 1.68. The van der Waals surface area contributed by atoms with Gasteiger partial charge in [-0.1, -0.05) is 15.9 Å². The lowest BCUT2D eigenvalue weighted by Crippen LogP contribution is -2.02. The van der Waals surface area contributed by atoms with E-state index in [1.54, 1.807) is 0 Å². The first-order valence-corrected chi connectivity index (χ1v) is 3.57. The van der Waals surface area contributed by atoms with Crippen molar-refractivity contribution in [2.75, 3.05) is 5.33 Å². The van der Waals surface area contributed by atoms with Crippen LogP contribution in [0.25, 0.3) is 0 Å². The van der Waals surface area contributed by atoms with Crippen LogP contribution in [0.15, 0.2) is 0 Å². The lowest BCUT2D eigenvalue weighted by atomic mass is 10.9. The molecule has 0 aliphatic heterocycles. The summed E-state index contributed by atoms with van der Waals surface area (Å²) >= 11 is 6.07. The van der Waals surface area contributed by atoms with Crippen LogP contribution in [-0.4, -0.2) is 16.8 Å². The van der Waals surface area contributed by atoms with E-state index in [-0.39, 0.29) is 5.01 Å². The fourth-order valence-electron chi connectivity index (χ4n) is 0.0837. The zero-order valence-electron chi connectivity index (χ0n) is 3.36. The number of carbonyl (C=O) groups excluding carboxylic acids is 1. The highest BCUT2D eigenvalue weighted by atomic mass is 79.9. The molecule has 0 rings (SSSR count). The van der Waals surface area contributed by atoms with Gasteiger partial charge in [-0.15, -0.1) is 0 Å². The minimum Gasteiger partial charge on any atom is -0.441 e. The summed E-state index contributed by atoms with van der Waals surface area (Å²) in [6.07, 6.45) is 0. The third-order valence-corrected chi connectivity index (χ3v) is 2.26. The number of hydrogen-bond donors (Lipinski definition) is 0. The van der Waals surface area contributed by atoms with Crippen LogP contribution in [0.4, 0.5) is 0 Å². The SMILES string of the molecule is O=[C]OC(Br)CBr. The molecule has 1 radical (unpaired) electrons. The molecule has 2 nitrogen and oxygen atoms in total. The van der Waals surface area contributed by atoms with Crippen LogP contribution in [0, 0.1) is 0 Å². The van der Waals surface area contributed by atoms with Gasteiger partial charge < -0.3 is 4.74 Å². The van der Waals surface area contributed by atoms with Crippen LogP contribution in [-0.2, 0) is 9.53 Å². The van der Waals surface area contributed by atoms with Crippen LogP contribution in [0.5, 0.6) is 0 Å². The molecule has 0 spiro atoms. The topological polar surface area (TPSA) is 26.3 Å². The highest BCUT2D eigenvalue weighted by Gasteiger charge is 1.97. The van der Waals surface area contributed by atoms with Gasteiger partial charge in [0, 0.05) is 0 Å². The maximum absolute atomic E-state index is 9.38. The van der Waals surface area contributed by atoms with Crippen molar-refractivity contribution >= 4 is 38.3 Å². The first kappa shape index (κ1) is 7.43. The first-order chi connectivity index (χ1) is 3.31. The third kappa shape index (κ3) is 4.28. The molecular formula is C3H3Br2O2. The zero-order chi connectivity index (χ0) is 5.70. The molecule has 0 bridgehead atoms. The number of hydrogen-bond acceptors (Lipinski definition) is 2. The zero-order valence-corrected chi connectivity index (χ0v) is 6.53. The molecule has 0 N–H and O–H groups in total. The Bertz CT molecular complexity index is 56.9. The summed E-state index contributed by atoms with van der Waals surface area (Å²) in [5, 5.41) is 0.340. The van der Waals surface area contributed by atoms with Gasteiger partial charge in [0.25, 0.3) is 0 Å². The van der Waals surface area contributed by atoms with Gasteiger partial charge in [0.15, 0.2) is 5.01 Å². The summed E-state index contributed by atoms with van der Waals surface area (Å²) in [6, 6.07) is 0. The fourth-order valence-corrected chi connectivity index (χ4v) is 0.292. The molecule has 0 aliphatic carbocycles. The lowest BCUT2D eigenvalue weighted by Gasteiger charge is -1.97. The third-order valence-electron chi connectivity index (χ3n) is 0.297. The van der Waals surface area contributed by atoms with E-state index in [9.17, 15) is 4.79 Å². The van der Waals surface area contributed by atoms with Gasteiger partial charge >= 0.3 is 6.47 Å². The summed E-state index contributed by atoms with van der Waals surface area (Å²) in [5.74, 6) is 0. The normalized spacial score (nSPS) is 12.9. The molecule has 0 aliphatic rings. The van der Waals surface area contributed by atoms with Crippen molar-refractivity contribution in [2.45, 2.75) is 5.01 Å². The highest BCUT2D eigenvalue weighted by molar-refractivity contribution is 9.12. The van der Waals surface area contributed by atoms with E-state index in [0.29, 0.717) is 5.33 Å². The predicted molar refractivity (Wildman–Crippen MR) is 33.3 cm³/mol. The summed E-state index contributed by atoms with van der Waals surface area (Å²) in [6.45, 7) is 1.29. The molecule has 41 valence electrons. The van der Waals surface area contributed by atoms with Gasteiger partial charge in [-0.05, 0) is 15.9 Å².